The third-order valence-corrected chi connectivity index (χ3v) is 3.65. The Balaban J connectivity index is 2.15. The lowest BCUT2D eigenvalue weighted by Crippen LogP contribution is -2.14. The van der Waals surface area contributed by atoms with Crippen LogP contribution in [0.2, 0.25) is 0 Å². The Morgan fingerprint density at radius 2 is 2.27 bits per heavy atom. The molecular formula is C9H12NO4P. The van der Waals surface area contributed by atoms with Crippen molar-refractivity contribution in [3.63, 3.8) is 0 Å². The minimum Gasteiger partial charge on any atom is -0.290 e. The summed E-state index contributed by atoms with van der Waals surface area (Å²) in [6.45, 7) is 0.373. The molecule has 1 fully saturated rings. The van der Waals surface area contributed by atoms with Crippen molar-refractivity contribution in [2.75, 3.05) is 13.7 Å². The first-order chi connectivity index (χ1) is 7.23. The molecule has 0 aromatic carbocycles. The maximum Gasteiger partial charge on any atom is 0.475 e. The van der Waals surface area contributed by atoms with E-state index in [1.807, 2.05) is 12.1 Å². The van der Waals surface area contributed by atoms with Gasteiger partial charge in [-0.2, -0.15) is 0 Å². The van der Waals surface area contributed by atoms with E-state index in [0.29, 0.717) is 13.0 Å². The van der Waals surface area contributed by atoms with E-state index in [1.54, 1.807) is 12.4 Å². The van der Waals surface area contributed by atoms with E-state index in [1.165, 1.54) is 7.11 Å². The molecule has 1 aliphatic rings. The fourth-order valence-corrected chi connectivity index (χ4v) is 2.53. The van der Waals surface area contributed by atoms with Crippen molar-refractivity contribution in [3.8, 4) is 0 Å². The monoisotopic (exact) mass is 229 g/mol. The van der Waals surface area contributed by atoms with Crippen molar-refractivity contribution in [3.05, 3.63) is 30.1 Å². The molecule has 0 radical (unpaired) electrons. The highest BCUT2D eigenvalue weighted by molar-refractivity contribution is 7.48. The molecule has 5 nitrogen and oxygen atoms in total. The summed E-state index contributed by atoms with van der Waals surface area (Å²) in [6, 6.07) is 3.66. The molecule has 0 saturated carbocycles. The summed E-state index contributed by atoms with van der Waals surface area (Å²) >= 11 is 0. The highest BCUT2D eigenvalue weighted by Crippen LogP contribution is 2.56. The molecule has 1 saturated heterocycles. The summed E-state index contributed by atoms with van der Waals surface area (Å²) in [5.41, 5.74) is 0.936. The molecule has 15 heavy (non-hydrogen) atoms. The SMILES string of the molecule is COP1(=O)OCCC(c2ccncc2)O1. The van der Waals surface area contributed by atoms with Gasteiger partial charge in [0.1, 0.15) is 0 Å². The predicted octanol–water partition coefficient (Wildman–Crippen LogP) is 2.31. The van der Waals surface area contributed by atoms with Gasteiger partial charge in [0, 0.05) is 25.9 Å². The fourth-order valence-electron chi connectivity index (χ4n) is 1.41. The Morgan fingerprint density at radius 1 is 1.53 bits per heavy atom. The first-order valence-corrected chi connectivity index (χ1v) is 6.08. The lowest BCUT2D eigenvalue weighted by molar-refractivity contribution is 0.0373. The number of hydrogen-bond acceptors (Lipinski definition) is 5. The number of phosphoric acid groups is 1. The second-order valence-corrected chi connectivity index (χ2v) is 4.85. The molecule has 2 unspecified atom stereocenters. The van der Waals surface area contributed by atoms with E-state index in [4.69, 9.17) is 13.6 Å². The Kier molecular flexibility index (Phi) is 3.17. The van der Waals surface area contributed by atoms with E-state index in [0.717, 1.165) is 5.56 Å². The summed E-state index contributed by atoms with van der Waals surface area (Å²) in [5, 5.41) is 0. The van der Waals surface area contributed by atoms with Gasteiger partial charge in [0.25, 0.3) is 0 Å². The van der Waals surface area contributed by atoms with Crippen molar-refractivity contribution in [2.45, 2.75) is 12.5 Å². The van der Waals surface area contributed by atoms with Crippen LogP contribution in [0, 0.1) is 0 Å². The van der Waals surface area contributed by atoms with Gasteiger partial charge in [-0.3, -0.25) is 18.6 Å². The molecule has 0 spiro atoms. The molecule has 6 heteroatoms. The second kappa shape index (κ2) is 4.41. The van der Waals surface area contributed by atoms with Crippen molar-refractivity contribution in [1.82, 2.24) is 4.98 Å². The van der Waals surface area contributed by atoms with E-state index < -0.39 is 7.82 Å². The average Bonchev–Trinajstić information content (AvgIpc) is 2.30. The number of aromatic nitrogens is 1. The zero-order chi connectivity index (χ0) is 10.7. The number of pyridine rings is 1. The Bertz CT molecular complexity index is 370. The summed E-state index contributed by atoms with van der Waals surface area (Å²) in [4.78, 5) is 3.91. The average molecular weight is 229 g/mol. The smallest absolute Gasteiger partial charge is 0.290 e. The Morgan fingerprint density at radius 3 is 2.93 bits per heavy atom. The fraction of sp³-hybridized carbons (Fsp3) is 0.444. The summed E-state index contributed by atoms with van der Waals surface area (Å²) in [7, 11) is -2.02. The van der Waals surface area contributed by atoms with Gasteiger partial charge >= 0.3 is 7.82 Å². The molecule has 0 aliphatic carbocycles. The molecule has 0 bridgehead atoms. The summed E-state index contributed by atoms with van der Waals surface area (Å²) in [5.74, 6) is 0. The Hall–Kier alpha value is -0.740. The van der Waals surface area contributed by atoms with Gasteiger partial charge in [0.05, 0.1) is 12.7 Å². The lowest BCUT2D eigenvalue weighted by Gasteiger charge is -2.27. The number of phosphoric ester groups is 1. The first-order valence-electron chi connectivity index (χ1n) is 4.62. The number of hydrogen-bond donors (Lipinski definition) is 0. The van der Waals surface area contributed by atoms with Crippen LogP contribution in [0.5, 0.6) is 0 Å². The maximum absolute atomic E-state index is 11.7. The van der Waals surface area contributed by atoms with Gasteiger partial charge in [-0.15, -0.1) is 0 Å². The van der Waals surface area contributed by atoms with Crippen LogP contribution in [0.3, 0.4) is 0 Å². The van der Waals surface area contributed by atoms with Gasteiger partial charge in [0.2, 0.25) is 0 Å². The van der Waals surface area contributed by atoms with E-state index in [2.05, 4.69) is 4.98 Å². The molecular weight excluding hydrogens is 217 g/mol. The van der Waals surface area contributed by atoms with Gasteiger partial charge in [-0.05, 0) is 17.7 Å². The van der Waals surface area contributed by atoms with Gasteiger partial charge in [0.15, 0.2) is 0 Å². The van der Waals surface area contributed by atoms with Crippen molar-refractivity contribution >= 4 is 7.82 Å². The van der Waals surface area contributed by atoms with Crippen LogP contribution in [-0.2, 0) is 18.1 Å². The lowest BCUT2D eigenvalue weighted by atomic mass is 10.1. The summed E-state index contributed by atoms with van der Waals surface area (Å²) < 4.78 is 26.7. The van der Waals surface area contributed by atoms with Crippen LogP contribution in [0.25, 0.3) is 0 Å². The molecule has 1 aromatic heterocycles. The van der Waals surface area contributed by atoms with Gasteiger partial charge in [-0.1, -0.05) is 0 Å². The van der Waals surface area contributed by atoms with Crippen LogP contribution in [0.15, 0.2) is 24.5 Å². The van der Waals surface area contributed by atoms with Crippen molar-refractivity contribution in [1.29, 1.82) is 0 Å². The quantitative estimate of drug-likeness (QED) is 0.728. The molecule has 2 rings (SSSR count). The first kappa shape index (κ1) is 10.8. The van der Waals surface area contributed by atoms with Crippen LogP contribution < -0.4 is 0 Å². The molecule has 0 N–H and O–H groups in total. The minimum atomic E-state index is -3.34. The molecule has 82 valence electrons. The van der Waals surface area contributed by atoms with Crippen LogP contribution >= 0.6 is 7.82 Å². The van der Waals surface area contributed by atoms with Crippen LogP contribution in [0.1, 0.15) is 18.1 Å². The van der Waals surface area contributed by atoms with E-state index >= 15 is 0 Å². The maximum atomic E-state index is 11.7. The zero-order valence-electron chi connectivity index (χ0n) is 8.33. The number of nitrogens with zero attached hydrogens (tertiary/aromatic N) is 1. The Labute approximate surface area is 88.0 Å². The van der Waals surface area contributed by atoms with Crippen molar-refractivity contribution in [2.24, 2.45) is 0 Å². The normalized spacial score (nSPS) is 31.4. The van der Waals surface area contributed by atoms with Crippen LogP contribution in [0.4, 0.5) is 0 Å². The highest BCUT2D eigenvalue weighted by Gasteiger charge is 2.34. The van der Waals surface area contributed by atoms with Gasteiger partial charge < -0.3 is 0 Å². The van der Waals surface area contributed by atoms with E-state index in [9.17, 15) is 4.57 Å². The second-order valence-electron chi connectivity index (χ2n) is 3.13. The van der Waals surface area contributed by atoms with Crippen LogP contribution in [-0.4, -0.2) is 18.7 Å². The standard InChI is InChI=1S/C9H12NO4P/c1-12-15(11)13-7-4-9(14-15)8-2-5-10-6-3-8/h2-3,5-6,9H,4,7H2,1H3. The minimum absolute atomic E-state index is 0.243. The predicted molar refractivity (Wildman–Crippen MR) is 53.2 cm³/mol. The third kappa shape index (κ3) is 2.44. The summed E-state index contributed by atoms with van der Waals surface area (Å²) in [6.07, 6.45) is 3.77. The molecule has 1 aliphatic heterocycles. The molecule has 1 aromatic rings. The van der Waals surface area contributed by atoms with Gasteiger partial charge in [-0.25, -0.2) is 4.57 Å². The largest absolute Gasteiger partial charge is 0.475 e. The topological polar surface area (TPSA) is 57.7 Å². The third-order valence-electron chi connectivity index (χ3n) is 2.19. The van der Waals surface area contributed by atoms with Crippen molar-refractivity contribution < 1.29 is 18.1 Å². The highest BCUT2D eigenvalue weighted by atomic mass is 31.2. The molecule has 2 atom stereocenters. The zero-order valence-corrected chi connectivity index (χ0v) is 9.22. The molecule has 2 heterocycles. The molecule has 0 amide bonds. The number of rotatable bonds is 2. The van der Waals surface area contributed by atoms with E-state index in [-0.39, 0.29) is 6.10 Å².